The number of halogens is 1. The van der Waals surface area contributed by atoms with Crippen molar-refractivity contribution in [2.45, 2.75) is 37.9 Å². The fourth-order valence-electron chi connectivity index (χ4n) is 3.77. The third-order valence-corrected chi connectivity index (χ3v) is 6.63. The van der Waals surface area contributed by atoms with Crippen LogP contribution in [0.5, 0.6) is 0 Å². The summed E-state index contributed by atoms with van der Waals surface area (Å²) < 4.78 is 29.1. The minimum Gasteiger partial charge on any atom is -0.266 e. The molecular weight excluding hydrogens is 422 g/mol. The number of hydrogen-bond acceptors (Lipinski definition) is 4. The maximum absolute atomic E-state index is 12.9. The molecule has 0 saturated carbocycles. The molecule has 1 aliphatic rings. The normalized spacial score (nSPS) is 14.0. The van der Waals surface area contributed by atoms with Crippen molar-refractivity contribution in [1.29, 1.82) is 0 Å². The Bertz CT molecular complexity index is 1160. The second-order valence-corrected chi connectivity index (χ2v) is 9.56. The summed E-state index contributed by atoms with van der Waals surface area (Å²) in [4.78, 5) is 12.9. The van der Waals surface area contributed by atoms with Crippen molar-refractivity contribution >= 4 is 27.5 Å². The van der Waals surface area contributed by atoms with Gasteiger partial charge in [-0.05, 0) is 55.5 Å². The highest BCUT2D eigenvalue weighted by Crippen LogP contribution is 2.27. The third-order valence-electron chi connectivity index (χ3n) is 5.16. The molecule has 6 nitrogen and oxygen atoms in total. The summed E-state index contributed by atoms with van der Waals surface area (Å²) in [5.74, 6) is -0.948. The molecule has 1 heterocycles. The molecule has 1 amide bonds. The van der Waals surface area contributed by atoms with Gasteiger partial charge in [-0.3, -0.25) is 4.79 Å². The van der Waals surface area contributed by atoms with Crippen LogP contribution in [0.2, 0.25) is 5.02 Å². The van der Waals surface area contributed by atoms with E-state index in [9.17, 15) is 13.2 Å². The lowest BCUT2D eigenvalue weighted by Crippen LogP contribution is -2.32. The van der Waals surface area contributed by atoms with Crippen LogP contribution in [0, 0.1) is 0 Å². The molecule has 0 saturated heterocycles. The lowest BCUT2D eigenvalue weighted by Gasteiger charge is -2.07. The number of sulfonamides is 1. The van der Waals surface area contributed by atoms with E-state index in [4.69, 9.17) is 11.6 Å². The number of carbonyl (C=O) groups is 1. The van der Waals surface area contributed by atoms with Gasteiger partial charge in [-0.15, -0.1) is 0 Å². The van der Waals surface area contributed by atoms with E-state index in [2.05, 4.69) is 9.82 Å². The van der Waals surface area contributed by atoms with Crippen LogP contribution in [0.15, 0.2) is 54.6 Å². The standard InChI is InChI=1S/C22H22ClN3O3S/c23-17-11-13-18(14-12-17)26-20-10-6-2-5-9-19(20)21(24-26)22(27)25-30(28,29)15-16-7-3-1-4-8-16/h1,3-4,7-8,11-14H,2,5-6,9-10,15H2,(H,25,27). The molecule has 4 rings (SSSR count). The van der Waals surface area contributed by atoms with Gasteiger partial charge in [0.25, 0.3) is 5.91 Å². The van der Waals surface area contributed by atoms with Crippen LogP contribution in [0.3, 0.4) is 0 Å². The molecule has 1 aromatic heterocycles. The Kier molecular flexibility index (Phi) is 5.92. The Morgan fingerprint density at radius 1 is 1.00 bits per heavy atom. The van der Waals surface area contributed by atoms with E-state index in [1.807, 2.05) is 18.2 Å². The van der Waals surface area contributed by atoms with Crippen molar-refractivity contribution in [1.82, 2.24) is 14.5 Å². The maximum atomic E-state index is 12.9. The molecule has 0 aliphatic heterocycles. The molecule has 0 radical (unpaired) electrons. The molecule has 0 bridgehead atoms. The Hall–Kier alpha value is -2.64. The molecule has 30 heavy (non-hydrogen) atoms. The van der Waals surface area contributed by atoms with Crippen LogP contribution >= 0.6 is 11.6 Å². The number of nitrogens with one attached hydrogen (secondary N) is 1. The number of benzene rings is 2. The molecule has 0 fully saturated rings. The lowest BCUT2D eigenvalue weighted by atomic mass is 10.1. The molecule has 0 spiro atoms. The lowest BCUT2D eigenvalue weighted by molar-refractivity contribution is 0.0975. The summed E-state index contributed by atoms with van der Waals surface area (Å²) >= 11 is 6.00. The number of aromatic nitrogens is 2. The molecule has 2 aromatic carbocycles. The SMILES string of the molecule is O=C(NS(=O)(=O)Cc1ccccc1)c1nn(-c2ccc(Cl)cc2)c2c1CCCCC2. The van der Waals surface area contributed by atoms with E-state index in [0.29, 0.717) is 17.0 Å². The number of carbonyl (C=O) groups excluding carboxylic acids is 1. The summed E-state index contributed by atoms with van der Waals surface area (Å²) in [6.07, 6.45) is 4.48. The van der Waals surface area contributed by atoms with Gasteiger partial charge in [-0.2, -0.15) is 5.10 Å². The van der Waals surface area contributed by atoms with Gasteiger partial charge in [-0.1, -0.05) is 48.4 Å². The Labute approximate surface area is 180 Å². The van der Waals surface area contributed by atoms with Crippen LogP contribution in [0.1, 0.15) is 46.6 Å². The highest BCUT2D eigenvalue weighted by Gasteiger charge is 2.27. The average molecular weight is 444 g/mol. The van der Waals surface area contributed by atoms with Crippen LogP contribution in [0.4, 0.5) is 0 Å². The van der Waals surface area contributed by atoms with E-state index in [-0.39, 0.29) is 11.4 Å². The van der Waals surface area contributed by atoms with Gasteiger partial charge in [0.15, 0.2) is 5.69 Å². The van der Waals surface area contributed by atoms with Crippen molar-refractivity contribution in [3.63, 3.8) is 0 Å². The molecular formula is C22H22ClN3O3S. The summed E-state index contributed by atoms with van der Waals surface area (Å²) in [6, 6.07) is 16.0. The first-order valence-corrected chi connectivity index (χ1v) is 11.9. The molecule has 156 valence electrons. The minimum absolute atomic E-state index is 0.179. The van der Waals surface area contributed by atoms with E-state index in [1.54, 1.807) is 41.1 Å². The fourth-order valence-corrected chi connectivity index (χ4v) is 4.98. The summed E-state index contributed by atoms with van der Waals surface area (Å²) in [7, 11) is -3.84. The Morgan fingerprint density at radius 3 is 2.43 bits per heavy atom. The number of fused-ring (bicyclic) bond motifs is 1. The van der Waals surface area contributed by atoms with Crippen LogP contribution < -0.4 is 4.72 Å². The van der Waals surface area contributed by atoms with Crippen molar-refractivity contribution < 1.29 is 13.2 Å². The molecule has 3 aromatic rings. The van der Waals surface area contributed by atoms with Crippen LogP contribution in [-0.2, 0) is 28.6 Å². The molecule has 0 atom stereocenters. The zero-order chi connectivity index (χ0) is 21.1. The van der Waals surface area contributed by atoms with Gasteiger partial charge in [-0.25, -0.2) is 17.8 Å². The zero-order valence-corrected chi connectivity index (χ0v) is 17.9. The van der Waals surface area contributed by atoms with Gasteiger partial charge in [0.1, 0.15) is 0 Å². The van der Waals surface area contributed by atoms with Gasteiger partial charge in [0, 0.05) is 16.3 Å². The smallest absolute Gasteiger partial charge is 0.266 e. The number of rotatable bonds is 5. The third kappa shape index (κ3) is 4.57. The first-order valence-electron chi connectivity index (χ1n) is 9.88. The molecule has 1 N–H and O–H groups in total. The second-order valence-electron chi connectivity index (χ2n) is 7.40. The van der Waals surface area contributed by atoms with Crippen molar-refractivity contribution in [2.75, 3.05) is 0 Å². The van der Waals surface area contributed by atoms with Crippen molar-refractivity contribution in [3.05, 3.63) is 82.1 Å². The van der Waals surface area contributed by atoms with Gasteiger partial charge < -0.3 is 0 Å². The summed E-state index contributed by atoms with van der Waals surface area (Å²) in [5, 5.41) is 5.13. The second kappa shape index (κ2) is 8.62. The Balaban J connectivity index is 1.66. The minimum atomic E-state index is -3.84. The highest BCUT2D eigenvalue weighted by atomic mass is 35.5. The molecule has 0 unspecified atom stereocenters. The summed E-state index contributed by atoms with van der Waals surface area (Å²) in [6.45, 7) is 0. The quantitative estimate of drug-likeness (QED) is 0.603. The van der Waals surface area contributed by atoms with Crippen molar-refractivity contribution in [2.24, 2.45) is 0 Å². The first-order chi connectivity index (χ1) is 14.4. The van der Waals surface area contributed by atoms with E-state index < -0.39 is 15.9 Å². The molecule has 1 aliphatic carbocycles. The van der Waals surface area contributed by atoms with E-state index in [0.717, 1.165) is 42.6 Å². The fraction of sp³-hybridized carbons (Fsp3) is 0.273. The number of nitrogens with zero attached hydrogens (tertiary/aromatic N) is 2. The Morgan fingerprint density at radius 2 is 1.70 bits per heavy atom. The first kappa shape index (κ1) is 20.6. The largest absolute Gasteiger partial charge is 0.285 e. The average Bonchev–Trinajstić information content (AvgIpc) is 2.90. The topological polar surface area (TPSA) is 81.1 Å². The predicted octanol–water partition coefficient (Wildman–Crippen LogP) is 4.05. The van der Waals surface area contributed by atoms with Gasteiger partial charge in [0.05, 0.1) is 11.4 Å². The number of hydrogen-bond donors (Lipinski definition) is 1. The van der Waals surface area contributed by atoms with E-state index in [1.165, 1.54) is 0 Å². The monoisotopic (exact) mass is 443 g/mol. The van der Waals surface area contributed by atoms with Gasteiger partial charge >= 0.3 is 0 Å². The highest BCUT2D eigenvalue weighted by molar-refractivity contribution is 7.89. The van der Waals surface area contributed by atoms with Crippen LogP contribution in [-0.4, -0.2) is 24.1 Å². The molecule has 8 heteroatoms. The summed E-state index contributed by atoms with van der Waals surface area (Å²) in [5.41, 5.74) is 3.38. The van der Waals surface area contributed by atoms with Crippen molar-refractivity contribution in [3.8, 4) is 5.69 Å². The predicted molar refractivity (Wildman–Crippen MR) is 116 cm³/mol. The van der Waals surface area contributed by atoms with Gasteiger partial charge in [0.2, 0.25) is 10.0 Å². The zero-order valence-electron chi connectivity index (χ0n) is 16.3. The van der Waals surface area contributed by atoms with Crippen LogP contribution in [0.25, 0.3) is 5.69 Å². The van der Waals surface area contributed by atoms with E-state index >= 15 is 0 Å². The number of amides is 1. The maximum Gasteiger partial charge on any atom is 0.285 e.